The van der Waals surface area contributed by atoms with E-state index < -0.39 is 4.92 Å². The van der Waals surface area contributed by atoms with Gasteiger partial charge in [0.15, 0.2) is 5.01 Å². The molecule has 0 spiro atoms. The minimum absolute atomic E-state index is 0.0411. The van der Waals surface area contributed by atoms with Crippen LogP contribution in [0.3, 0.4) is 0 Å². The number of hydrogen-bond acceptors (Lipinski definition) is 7. The number of ether oxygens (including phenoxy) is 1. The second-order valence-electron chi connectivity index (χ2n) is 3.67. The summed E-state index contributed by atoms with van der Waals surface area (Å²) in [7, 11) is 0. The maximum absolute atomic E-state index is 10.9. The first kappa shape index (κ1) is 14.5. The number of anilines is 1. The Labute approximate surface area is 123 Å². The lowest BCUT2D eigenvalue weighted by Crippen LogP contribution is -1.99. The zero-order chi connectivity index (χ0) is 14.5. The number of halogens is 1. The van der Waals surface area contributed by atoms with Gasteiger partial charge < -0.3 is 10.1 Å². The predicted octanol–water partition coefficient (Wildman–Crippen LogP) is 3.11. The van der Waals surface area contributed by atoms with Crippen LogP contribution >= 0.6 is 22.9 Å². The normalized spacial score (nSPS) is 10.3. The van der Waals surface area contributed by atoms with Gasteiger partial charge in [-0.1, -0.05) is 29.0 Å². The Bertz CT molecular complexity index is 619. The van der Waals surface area contributed by atoms with Crippen LogP contribution in [0.15, 0.2) is 18.2 Å². The van der Waals surface area contributed by atoms with E-state index in [4.69, 9.17) is 16.3 Å². The zero-order valence-electron chi connectivity index (χ0n) is 10.5. The highest BCUT2D eigenvalue weighted by molar-refractivity contribution is 7.15. The second kappa shape index (κ2) is 6.49. The molecule has 0 radical (unpaired) electrons. The first-order valence-electron chi connectivity index (χ1n) is 5.73. The van der Waals surface area contributed by atoms with Crippen molar-refractivity contribution in [2.24, 2.45) is 0 Å². The van der Waals surface area contributed by atoms with Crippen molar-refractivity contribution in [2.75, 3.05) is 11.9 Å². The zero-order valence-corrected chi connectivity index (χ0v) is 12.1. The maximum atomic E-state index is 10.9. The minimum atomic E-state index is -0.536. The second-order valence-corrected chi connectivity index (χ2v) is 5.13. The summed E-state index contributed by atoms with van der Waals surface area (Å²) >= 11 is 7.25. The number of rotatable bonds is 6. The molecule has 1 aromatic carbocycles. The average Bonchev–Trinajstić information content (AvgIpc) is 2.85. The Hall–Kier alpha value is -1.93. The first-order valence-corrected chi connectivity index (χ1v) is 6.93. The van der Waals surface area contributed by atoms with E-state index in [0.717, 1.165) is 6.54 Å². The van der Waals surface area contributed by atoms with Crippen molar-refractivity contribution in [2.45, 2.75) is 13.5 Å². The highest BCUT2D eigenvalue weighted by atomic mass is 35.5. The molecule has 1 heterocycles. The van der Waals surface area contributed by atoms with Crippen LogP contribution in [0.25, 0.3) is 0 Å². The van der Waals surface area contributed by atoms with Crippen LogP contribution in [0.2, 0.25) is 5.02 Å². The smallest absolute Gasteiger partial charge is 0.312 e. The van der Waals surface area contributed by atoms with Gasteiger partial charge in [-0.15, -0.1) is 10.2 Å². The summed E-state index contributed by atoms with van der Waals surface area (Å²) in [6.07, 6.45) is 0. The molecule has 106 valence electrons. The molecule has 2 aromatic rings. The number of para-hydroxylation sites is 1. The fourth-order valence-electron chi connectivity index (χ4n) is 1.45. The van der Waals surface area contributed by atoms with E-state index in [9.17, 15) is 10.1 Å². The Balaban J connectivity index is 2.12. The van der Waals surface area contributed by atoms with Crippen molar-refractivity contribution in [3.8, 4) is 5.75 Å². The molecule has 0 atom stereocenters. The Morgan fingerprint density at radius 2 is 2.30 bits per heavy atom. The highest BCUT2D eigenvalue weighted by Gasteiger charge is 2.18. The quantitative estimate of drug-likeness (QED) is 0.650. The monoisotopic (exact) mass is 314 g/mol. The van der Waals surface area contributed by atoms with Crippen molar-refractivity contribution in [1.82, 2.24) is 10.2 Å². The number of benzene rings is 1. The lowest BCUT2D eigenvalue weighted by atomic mass is 10.3. The van der Waals surface area contributed by atoms with Gasteiger partial charge in [-0.2, -0.15) is 0 Å². The number of nitro groups is 1. The number of nitro benzene ring substituents is 1. The molecular weight excluding hydrogens is 304 g/mol. The van der Waals surface area contributed by atoms with Crippen LogP contribution in [-0.2, 0) is 6.61 Å². The molecule has 9 heteroatoms. The Morgan fingerprint density at radius 3 is 3.00 bits per heavy atom. The number of aromatic nitrogens is 2. The molecule has 20 heavy (non-hydrogen) atoms. The summed E-state index contributed by atoms with van der Waals surface area (Å²) in [4.78, 5) is 10.4. The standard InChI is InChI=1S/C11H11ClN4O3S/c1-2-13-11-15-14-9(20-11)6-19-10-7(12)4-3-5-8(10)16(17)18/h3-5H,2,6H2,1H3,(H,13,15). The van der Waals surface area contributed by atoms with Gasteiger partial charge in [-0.25, -0.2) is 0 Å². The van der Waals surface area contributed by atoms with Crippen molar-refractivity contribution >= 4 is 33.8 Å². The maximum Gasteiger partial charge on any atom is 0.312 e. The molecule has 0 saturated carbocycles. The highest BCUT2D eigenvalue weighted by Crippen LogP contribution is 2.35. The molecule has 0 unspecified atom stereocenters. The summed E-state index contributed by atoms with van der Waals surface area (Å²) in [5, 5.41) is 23.2. The predicted molar refractivity (Wildman–Crippen MR) is 76.5 cm³/mol. The van der Waals surface area contributed by atoms with Crippen molar-refractivity contribution < 1.29 is 9.66 Å². The van der Waals surface area contributed by atoms with Gasteiger partial charge >= 0.3 is 5.69 Å². The third-order valence-corrected chi connectivity index (χ3v) is 3.43. The van der Waals surface area contributed by atoms with E-state index in [1.807, 2.05) is 6.92 Å². The topological polar surface area (TPSA) is 90.2 Å². The third kappa shape index (κ3) is 3.34. The first-order chi connectivity index (χ1) is 9.61. The van der Waals surface area contributed by atoms with Crippen LogP contribution in [0, 0.1) is 10.1 Å². The van der Waals surface area contributed by atoms with Crippen molar-refractivity contribution in [3.05, 3.63) is 38.3 Å². The fourth-order valence-corrected chi connectivity index (χ4v) is 2.40. The summed E-state index contributed by atoms with van der Waals surface area (Å²) < 4.78 is 5.41. The van der Waals surface area contributed by atoms with E-state index in [1.165, 1.54) is 29.5 Å². The van der Waals surface area contributed by atoms with Crippen molar-refractivity contribution in [1.29, 1.82) is 0 Å². The lowest BCUT2D eigenvalue weighted by molar-refractivity contribution is -0.385. The van der Waals surface area contributed by atoms with E-state index >= 15 is 0 Å². The molecule has 0 saturated heterocycles. The molecule has 0 fully saturated rings. The molecule has 0 amide bonds. The van der Waals surface area contributed by atoms with Gasteiger partial charge in [-0.3, -0.25) is 10.1 Å². The summed E-state index contributed by atoms with van der Waals surface area (Å²) in [5.41, 5.74) is -0.172. The van der Waals surface area contributed by atoms with Gasteiger partial charge in [0, 0.05) is 12.6 Å². The molecule has 2 rings (SSSR count). The largest absolute Gasteiger partial charge is 0.478 e. The van der Waals surface area contributed by atoms with Crippen LogP contribution in [0.4, 0.5) is 10.8 Å². The van der Waals surface area contributed by atoms with Gasteiger partial charge in [0.25, 0.3) is 0 Å². The third-order valence-electron chi connectivity index (χ3n) is 2.28. The number of hydrogen-bond donors (Lipinski definition) is 1. The molecule has 1 aromatic heterocycles. The van der Waals surface area contributed by atoms with E-state index in [-0.39, 0.29) is 23.1 Å². The minimum Gasteiger partial charge on any atom is -0.478 e. The van der Waals surface area contributed by atoms with Crippen LogP contribution in [-0.4, -0.2) is 21.7 Å². The average molecular weight is 315 g/mol. The summed E-state index contributed by atoms with van der Waals surface area (Å²) in [6, 6.07) is 4.38. The molecule has 7 nitrogen and oxygen atoms in total. The number of nitrogens with zero attached hydrogens (tertiary/aromatic N) is 3. The van der Waals surface area contributed by atoms with Gasteiger partial charge in [0.1, 0.15) is 6.61 Å². The van der Waals surface area contributed by atoms with Gasteiger partial charge in [0.2, 0.25) is 10.9 Å². The van der Waals surface area contributed by atoms with Crippen LogP contribution in [0.1, 0.15) is 11.9 Å². The summed E-state index contributed by atoms with van der Waals surface area (Å²) in [6.45, 7) is 2.77. The molecule has 1 N–H and O–H groups in total. The molecule has 0 bridgehead atoms. The fraction of sp³-hybridized carbons (Fsp3) is 0.273. The molecular formula is C11H11ClN4O3S. The van der Waals surface area contributed by atoms with Gasteiger partial charge in [-0.05, 0) is 13.0 Å². The van der Waals surface area contributed by atoms with E-state index in [2.05, 4.69) is 15.5 Å². The Morgan fingerprint density at radius 1 is 1.50 bits per heavy atom. The van der Waals surface area contributed by atoms with Gasteiger partial charge in [0.05, 0.1) is 9.95 Å². The molecule has 0 aliphatic heterocycles. The SMILES string of the molecule is CCNc1nnc(COc2c(Cl)cccc2[N+](=O)[O-])s1. The number of nitrogens with one attached hydrogen (secondary N) is 1. The van der Waals surface area contributed by atoms with E-state index in [0.29, 0.717) is 10.1 Å². The van der Waals surface area contributed by atoms with Crippen LogP contribution < -0.4 is 10.1 Å². The Kier molecular flexibility index (Phi) is 4.70. The van der Waals surface area contributed by atoms with Crippen molar-refractivity contribution in [3.63, 3.8) is 0 Å². The molecule has 0 aliphatic carbocycles. The molecule has 0 aliphatic rings. The van der Waals surface area contributed by atoms with E-state index in [1.54, 1.807) is 0 Å². The summed E-state index contributed by atoms with van der Waals surface area (Å²) in [5.74, 6) is 0.0411. The lowest BCUT2D eigenvalue weighted by Gasteiger charge is -2.06. The van der Waals surface area contributed by atoms with Crippen LogP contribution in [0.5, 0.6) is 5.75 Å².